The molecule has 0 amide bonds. The minimum absolute atomic E-state index is 0.00456. The minimum Gasteiger partial charge on any atom is -0.334 e. The second-order valence-corrected chi connectivity index (χ2v) is 33.4. The van der Waals surface area contributed by atoms with Crippen molar-refractivity contribution in [1.29, 1.82) is 0 Å². The quantitative estimate of drug-likeness (QED) is 0.154. The van der Waals surface area contributed by atoms with Gasteiger partial charge in [0.15, 0.2) is 0 Å². The van der Waals surface area contributed by atoms with Gasteiger partial charge in [-0.15, -0.1) is 0 Å². The Labute approximate surface area is 550 Å². The summed E-state index contributed by atoms with van der Waals surface area (Å²) in [6, 6.07) is 70.1. The van der Waals surface area contributed by atoms with Crippen LogP contribution >= 0.6 is 0 Å². The zero-order valence-corrected chi connectivity index (χ0v) is 57.7. The molecule has 6 aliphatic rings. The molecule has 2 fully saturated rings. The van der Waals surface area contributed by atoms with E-state index >= 15 is 4.39 Å². The third kappa shape index (κ3) is 9.01. The van der Waals surface area contributed by atoms with E-state index in [1.165, 1.54) is 131 Å². The molecule has 4 unspecified atom stereocenters. The standard InChI is InChI=1S/C86H94BFN4/c1-79(2,3)58-30-35-63(36-31-58)89-74-42-37-64(91-72-38-29-57(56-27-24-28-62(88)47-56)48-67(72)83(13)43-20-22-45-85(83,91)15)52-70(74)87-69-51-61(82(10,11)12)34-41-75(69)90(71-39-32-59(80(4,5)6)49-66(71)55-25-18-17-19-26-55)77-54-65(53-76(89)78(77)87)92-73-40-33-60(81(7,8)9)50-68(73)84(14)44-21-23-46-86(84,92)16/h17-19,24-42,47-54H,20-23,43-46H2,1-16H3. The topological polar surface area (TPSA) is 13.0 Å². The molecule has 0 aromatic heterocycles. The fraction of sp³-hybridized carbons (Fsp3) is 0.372. The van der Waals surface area contributed by atoms with E-state index in [0.717, 1.165) is 48.9 Å². The molecule has 9 aromatic carbocycles. The van der Waals surface area contributed by atoms with Crippen LogP contribution in [0.25, 0.3) is 22.3 Å². The van der Waals surface area contributed by atoms with Crippen molar-refractivity contribution in [3.63, 3.8) is 0 Å². The van der Waals surface area contributed by atoms with Crippen LogP contribution in [0.3, 0.4) is 0 Å². The van der Waals surface area contributed by atoms with Gasteiger partial charge in [-0.2, -0.15) is 0 Å². The second kappa shape index (κ2) is 20.6. The summed E-state index contributed by atoms with van der Waals surface area (Å²) in [6.07, 6.45) is 9.14. The smallest absolute Gasteiger partial charge is 0.252 e. The first-order valence-corrected chi connectivity index (χ1v) is 34.6. The maximum absolute atomic E-state index is 15.0. The molecule has 4 nitrogen and oxygen atoms in total. The van der Waals surface area contributed by atoms with Gasteiger partial charge in [0.25, 0.3) is 6.71 Å². The van der Waals surface area contributed by atoms with Gasteiger partial charge in [-0.05, 0) is 219 Å². The first-order valence-electron chi connectivity index (χ1n) is 34.6. The lowest BCUT2D eigenvalue weighted by Crippen LogP contribution is -2.62. The molecule has 2 aliphatic carbocycles. The number of halogens is 1. The lowest BCUT2D eigenvalue weighted by atomic mass is 9.33. The normalized spacial score (nSPS) is 22.3. The molecule has 0 radical (unpaired) electrons. The van der Waals surface area contributed by atoms with Gasteiger partial charge in [-0.1, -0.05) is 214 Å². The molecular weight excluding hydrogens is 1120 g/mol. The van der Waals surface area contributed by atoms with E-state index in [2.05, 4.69) is 294 Å². The summed E-state index contributed by atoms with van der Waals surface area (Å²) in [7, 11) is 0. The van der Waals surface area contributed by atoms with Gasteiger partial charge in [0, 0.05) is 67.6 Å². The number of rotatable bonds is 6. The van der Waals surface area contributed by atoms with Crippen molar-refractivity contribution in [3.05, 3.63) is 221 Å². The van der Waals surface area contributed by atoms with E-state index in [4.69, 9.17) is 0 Å². The van der Waals surface area contributed by atoms with Crippen LogP contribution in [0.15, 0.2) is 182 Å². The van der Waals surface area contributed by atoms with E-state index < -0.39 is 0 Å². The Bertz CT molecular complexity index is 4460. The Morgan fingerprint density at radius 3 is 1.41 bits per heavy atom. The number of anilines is 10. The fourth-order valence-electron chi connectivity index (χ4n) is 18.0. The Balaban J connectivity index is 1.05. The van der Waals surface area contributed by atoms with E-state index in [-0.39, 0.29) is 56.1 Å². The van der Waals surface area contributed by atoms with Crippen molar-refractivity contribution < 1.29 is 4.39 Å². The minimum atomic E-state index is -0.228. The molecule has 0 bridgehead atoms. The molecular formula is C86H94BFN4. The maximum atomic E-state index is 15.0. The van der Waals surface area contributed by atoms with Gasteiger partial charge in [0.05, 0.1) is 16.8 Å². The monoisotopic (exact) mass is 1210 g/mol. The van der Waals surface area contributed by atoms with Crippen LogP contribution in [0, 0.1) is 5.82 Å². The summed E-state index contributed by atoms with van der Waals surface area (Å²) in [6.45, 7) is 38.4. The van der Waals surface area contributed by atoms with E-state index in [9.17, 15) is 0 Å². The molecule has 9 aromatic rings. The summed E-state index contributed by atoms with van der Waals surface area (Å²) < 4.78 is 15.0. The maximum Gasteiger partial charge on any atom is 0.252 e. The average Bonchev–Trinajstić information content (AvgIpc) is 1.20. The number of hydrogen-bond donors (Lipinski definition) is 0. The van der Waals surface area contributed by atoms with E-state index in [0.29, 0.717) is 0 Å². The lowest BCUT2D eigenvalue weighted by molar-refractivity contribution is 0.195. The van der Waals surface area contributed by atoms with Gasteiger partial charge in [0.2, 0.25) is 0 Å². The predicted molar refractivity (Wildman–Crippen MR) is 392 cm³/mol. The third-order valence-electron chi connectivity index (χ3n) is 23.8. The summed E-state index contributed by atoms with van der Waals surface area (Å²) in [5.74, 6) is -0.206. The molecule has 2 saturated carbocycles. The fourth-order valence-corrected chi connectivity index (χ4v) is 18.0. The molecule has 0 spiro atoms. The summed E-state index contributed by atoms with van der Waals surface area (Å²) >= 11 is 0. The van der Waals surface area contributed by atoms with Gasteiger partial charge in [-0.3, -0.25) is 0 Å². The van der Waals surface area contributed by atoms with Gasteiger partial charge >= 0.3 is 0 Å². The largest absolute Gasteiger partial charge is 0.334 e. The predicted octanol–water partition coefficient (Wildman–Crippen LogP) is 21.9. The Morgan fingerprint density at radius 1 is 0.348 bits per heavy atom. The van der Waals surface area contributed by atoms with Crippen molar-refractivity contribution in [2.24, 2.45) is 0 Å². The molecule has 15 rings (SSSR count). The van der Waals surface area contributed by atoms with Gasteiger partial charge in [0.1, 0.15) is 5.82 Å². The molecule has 6 heteroatoms. The summed E-state index contributed by atoms with van der Waals surface area (Å²) in [5.41, 5.74) is 27.9. The second-order valence-electron chi connectivity index (χ2n) is 33.4. The summed E-state index contributed by atoms with van der Waals surface area (Å²) in [5, 5.41) is 0. The highest BCUT2D eigenvalue weighted by molar-refractivity contribution is 7.00. The highest BCUT2D eigenvalue weighted by atomic mass is 19.1. The van der Waals surface area contributed by atoms with Crippen molar-refractivity contribution >= 4 is 80.0 Å². The molecule has 0 N–H and O–H groups in total. The van der Waals surface area contributed by atoms with Gasteiger partial charge in [-0.25, -0.2) is 4.39 Å². The van der Waals surface area contributed by atoms with Gasteiger partial charge < -0.3 is 19.6 Å². The number of hydrogen-bond acceptors (Lipinski definition) is 4. The molecule has 0 saturated heterocycles. The van der Waals surface area contributed by atoms with Crippen LogP contribution in [0.4, 0.5) is 61.3 Å². The Kier molecular flexibility index (Phi) is 13.5. The molecule has 92 heavy (non-hydrogen) atoms. The third-order valence-corrected chi connectivity index (χ3v) is 23.8. The molecule has 4 heterocycles. The van der Waals surface area contributed by atoms with Crippen molar-refractivity contribution in [1.82, 2.24) is 0 Å². The molecule has 4 atom stereocenters. The number of benzene rings is 9. The van der Waals surface area contributed by atoms with Crippen LogP contribution in [0.1, 0.15) is 196 Å². The zero-order chi connectivity index (χ0) is 64.6. The number of fused-ring (bicyclic) bond motifs is 10. The van der Waals surface area contributed by atoms with E-state index in [1.54, 1.807) is 12.1 Å². The van der Waals surface area contributed by atoms with Crippen LogP contribution in [-0.2, 0) is 32.5 Å². The van der Waals surface area contributed by atoms with Crippen molar-refractivity contribution in [3.8, 4) is 22.3 Å². The van der Waals surface area contributed by atoms with E-state index in [1.807, 2.05) is 6.07 Å². The highest BCUT2D eigenvalue weighted by Crippen LogP contribution is 2.64. The van der Waals surface area contributed by atoms with Crippen LogP contribution in [0.5, 0.6) is 0 Å². The van der Waals surface area contributed by atoms with Crippen LogP contribution in [0.2, 0.25) is 0 Å². The van der Waals surface area contributed by atoms with Crippen molar-refractivity contribution in [2.45, 2.75) is 206 Å². The first kappa shape index (κ1) is 60.4. The van der Waals surface area contributed by atoms with Crippen LogP contribution < -0.4 is 36.0 Å². The highest BCUT2D eigenvalue weighted by Gasteiger charge is 2.60. The Morgan fingerprint density at radius 2 is 0.804 bits per heavy atom. The molecule has 4 aliphatic heterocycles. The average molecular weight is 1210 g/mol. The summed E-state index contributed by atoms with van der Waals surface area (Å²) in [4.78, 5) is 11.0. The lowest BCUT2D eigenvalue weighted by Gasteiger charge is -2.51. The van der Waals surface area contributed by atoms with Crippen molar-refractivity contribution in [2.75, 3.05) is 19.6 Å². The first-order chi connectivity index (χ1) is 43.5. The Hall–Kier alpha value is -7.83. The SMILES string of the molecule is CC(C)(C)c1ccc(N2c3ccc(N4c5ccc(-c6cccc(F)c6)cc5C5(C)CCCCC45C)cc3B3c4cc(C(C)(C)C)ccc4N(c4ccc(C(C)(C)C)cc4-c4ccccc4)c4cc(N5c6ccc(C(C)(C)C)cc6C6(C)CCCCC56C)cc2c43)cc1. The zero-order valence-electron chi connectivity index (χ0n) is 57.7. The van der Waals surface area contributed by atoms with Crippen LogP contribution in [-0.4, -0.2) is 17.8 Å². The molecule has 468 valence electrons. The number of nitrogens with zero attached hydrogens (tertiary/aromatic N) is 4.